The fourth-order valence-electron chi connectivity index (χ4n) is 1.56. The molecule has 0 radical (unpaired) electrons. The molecule has 1 aromatic rings. The Hall–Kier alpha value is -2.88. The third kappa shape index (κ3) is 6.05. The molecule has 7 nitrogen and oxygen atoms in total. The first-order chi connectivity index (χ1) is 10.4. The van der Waals surface area contributed by atoms with Crippen molar-refractivity contribution in [2.45, 2.75) is 26.4 Å². The van der Waals surface area contributed by atoms with Gasteiger partial charge < -0.3 is 15.4 Å². The van der Waals surface area contributed by atoms with Crippen molar-refractivity contribution in [3.8, 4) is 6.07 Å². The van der Waals surface area contributed by atoms with Crippen LogP contribution >= 0.6 is 0 Å². The SMILES string of the molecule is CC(=O)NCCC(=O)O[C@H](C)C(=O)Nc1cccc(C#N)c1. The van der Waals surface area contributed by atoms with Crippen LogP contribution in [0.25, 0.3) is 0 Å². The molecule has 2 N–H and O–H groups in total. The fourth-order valence-corrected chi connectivity index (χ4v) is 1.56. The second-order valence-electron chi connectivity index (χ2n) is 4.55. The Balaban J connectivity index is 2.46. The summed E-state index contributed by atoms with van der Waals surface area (Å²) in [6.45, 7) is 2.95. The molecule has 1 aromatic carbocycles. The maximum atomic E-state index is 11.9. The van der Waals surface area contributed by atoms with E-state index in [1.54, 1.807) is 18.2 Å². The number of nitrogens with zero attached hydrogens (tertiary/aromatic N) is 1. The van der Waals surface area contributed by atoms with Gasteiger partial charge in [-0.2, -0.15) is 5.26 Å². The summed E-state index contributed by atoms with van der Waals surface area (Å²) >= 11 is 0. The molecule has 7 heteroatoms. The molecule has 0 unspecified atom stereocenters. The van der Waals surface area contributed by atoms with Crippen LogP contribution in [-0.2, 0) is 19.1 Å². The van der Waals surface area contributed by atoms with E-state index in [4.69, 9.17) is 10.00 Å². The van der Waals surface area contributed by atoms with E-state index in [9.17, 15) is 14.4 Å². The molecule has 1 rings (SSSR count). The average Bonchev–Trinajstić information content (AvgIpc) is 2.46. The molecule has 0 aromatic heterocycles. The number of nitrogens with one attached hydrogen (secondary N) is 2. The summed E-state index contributed by atoms with van der Waals surface area (Å²) in [4.78, 5) is 34.0. The number of anilines is 1. The molecule has 22 heavy (non-hydrogen) atoms. The highest BCUT2D eigenvalue weighted by molar-refractivity contribution is 5.95. The number of carbonyl (C=O) groups is 3. The smallest absolute Gasteiger partial charge is 0.308 e. The van der Waals surface area contributed by atoms with Gasteiger partial charge in [0.05, 0.1) is 18.1 Å². The highest BCUT2D eigenvalue weighted by atomic mass is 16.5. The van der Waals surface area contributed by atoms with Crippen molar-refractivity contribution in [1.82, 2.24) is 5.32 Å². The zero-order valence-corrected chi connectivity index (χ0v) is 12.4. The fraction of sp³-hybridized carbons (Fsp3) is 0.333. The maximum absolute atomic E-state index is 11.9. The molecule has 0 fully saturated rings. The van der Waals surface area contributed by atoms with Gasteiger partial charge in [-0.05, 0) is 25.1 Å². The lowest BCUT2D eigenvalue weighted by atomic mass is 10.2. The van der Waals surface area contributed by atoms with Gasteiger partial charge in [-0.1, -0.05) is 6.07 Å². The summed E-state index contributed by atoms with van der Waals surface area (Å²) in [5.74, 6) is -1.32. The molecule has 0 heterocycles. The largest absolute Gasteiger partial charge is 0.452 e. The number of amides is 2. The maximum Gasteiger partial charge on any atom is 0.308 e. The van der Waals surface area contributed by atoms with Gasteiger partial charge in [0.2, 0.25) is 5.91 Å². The van der Waals surface area contributed by atoms with Crippen molar-refractivity contribution in [2.75, 3.05) is 11.9 Å². The van der Waals surface area contributed by atoms with E-state index in [2.05, 4.69) is 10.6 Å². The van der Waals surface area contributed by atoms with Crippen molar-refractivity contribution >= 4 is 23.5 Å². The highest BCUT2D eigenvalue weighted by Crippen LogP contribution is 2.10. The van der Waals surface area contributed by atoms with Gasteiger partial charge in [-0.25, -0.2) is 0 Å². The number of esters is 1. The molecule has 1 atom stereocenters. The third-order valence-corrected chi connectivity index (χ3v) is 2.64. The minimum Gasteiger partial charge on any atom is -0.452 e. The van der Waals surface area contributed by atoms with E-state index in [-0.39, 0.29) is 18.9 Å². The zero-order valence-electron chi connectivity index (χ0n) is 12.4. The summed E-state index contributed by atoms with van der Waals surface area (Å²) in [7, 11) is 0. The zero-order chi connectivity index (χ0) is 16.5. The minimum atomic E-state index is -0.976. The minimum absolute atomic E-state index is 0.0128. The molecule has 0 saturated heterocycles. The number of rotatable bonds is 6. The standard InChI is InChI=1S/C15H17N3O4/c1-10(22-14(20)6-7-17-11(2)19)15(21)18-13-5-3-4-12(8-13)9-16/h3-5,8,10H,6-7H2,1-2H3,(H,17,19)(H,18,21)/t10-/m1/s1. The van der Waals surface area contributed by atoms with E-state index in [1.165, 1.54) is 19.9 Å². The molecule has 0 aliphatic heterocycles. The Morgan fingerprint density at radius 2 is 2.09 bits per heavy atom. The highest BCUT2D eigenvalue weighted by Gasteiger charge is 2.17. The van der Waals surface area contributed by atoms with Crippen LogP contribution in [0.3, 0.4) is 0 Å². The van der Waals surface area contributed by atoms with Crippen molar-refractivity contribution in [2.24, 2.45) is 0 Å². The van der Waals surface area contributed by atoms with Crippen molar-refractivity contribution in [3.05, 3.63) is 29.8 Å². The quantitative estimate of drug-likeness (QED) is 0.761. The number of hydrogen-bond acceptors (Lipinski definition) is 5. The summed E-state index contributed by atoms with van der Waals surface area (Å²) in [6, 6.07) is 8.36. The second-order valence-corrected chi connectivity index (χ2v) is 4.55. The number of carbonyl (C=O) groups excluding carboxylic acids is 3. The first kappa shape index (κ1) is 17.2. The summed E-state index contributed by atoms with van der Waals surface area (Å²) in [6.07, 6.45) is -0.989. The second kappa shape index (κ2) is 8.42. The van der Waals surface area contributed by atoms with Crippen LogP contribution in [0.15, 0.2) is 24.3 Å². The van der Waals surface area contributed by atoms with Gasteiger partial charge in [0.25, 0.3) is 5.91 Å². The molecule has 0 spiro atoms. The van der Waals surface area contributed by atoms with E-state index in [1.807, 2.05) is 6.07 Å². The Kier molecular flexibility index (Phi) is 6.57. The summed E-state index contributed by atoms with van der Waals surface area (Å²) in [5, 5.41) is 13.8. The van der Waals surface area contributed by atoms with Gasteiger partial charge in [-0.15, -0.1) is 0 Å². The van der Waals surface area contributed by atoms with Crippen LogP contribution in [0.5, 0.6) is 0 Å². The Morgan fingerprint density at radius 1 is 1.36 bits per heavy atom. The van der Waals surface area contributed by atoms with Crippen LogP contribution in [0.2, 0.25) is 0 Å². The predicted molar refractivity (Wildman–Crippen MR) is 78.6 cm³/mol. The van der Waals surface area contributed by atoms with E-state index in [0.717, 1.165) is 0 Å². The van der Waals surface area contributed by atoms with Gasteiger partial charge in [0, 0.05) is 19.2 Å². The number of hydrogen-bond donors (Lipinski definition) is 2. The monoisotopic (exact) mass is 303 g/mol. The molecule has 0 saturated carbocycles. The third-order valence-electron chi connectivity index (χ3n) is 2.64. The average molecular weight is 303 g/mol. The van der Waals surface area contributed by atoms with E-state index in [0.29, 0.717) is 11.3 Å². The molecular weight excluding hydrogens is 286 g/mol. The van der Waals surface area contributed by atoms with Crippen molar-refractivity contribution in [1.29, 1.82) is 5.26 Å². The van der Waals surface area contributed by atoms with E-state index < -0.39 is 18.0 Å². The molecule has 0 bridgehead atoms. The summed E-state index contributed by atoms with van der Waals surface area (Å²) in [5.41, 5.74) is 0.864. The lowest BCUT2D eigenvalue weighted by Gasteiger charge is -2.13. The van der Waals surface area contributed by atoms with E-state index >= 15 is 0 Å². The summed E-state index contributed by atoms with van der Waals surface area (Å²) < 4.78 is 4.96. The predicted octanol–water partition coefficient (Wildman–Crippen LogP) is 0.955. The topological polar surface area (TPSA) is 108 Å². The van der Waals surface area contributed by atoms with Gasteiger partial charge >= 0.3 is 5.97 Å². The Bertz CT molecular complexity index is 607. The molecule has 2 amide bonds. The number of ether oxygens (including phenoxy) is 1. The Morgan fingerprint density at radius 3 is 2.73 bits per heavy atom. The molecular formula is C15H17N3O4. The number of benzene rings is 1. The normalized spacial score (nSPS) is 11.0. The Labute approximate surface area is 128 Å². The van der Waals surface area contributed by atoms with Crippen LogP contribution in [-0.4, -0.2) is 30.4 Å². The number of nitriles is 1. The molecule has 116 valence electrons. The molecule has 0 aliphatic rings. The van der Waals surface area contributed by atoms with Crippen LogP contribution < -0.4 is 10.6 Å². The van der Waals surface area contributed by atoms with Crippen molar-refractivity contribution < 1.29 is 19.1 Å². The molecule has 0 aliphatic carbocycles. The lowest BCUT2D eigenvalue weighted by molar-refractivity contribution is -0.153. The van der Waals surface area contributed by atoms with Gasteiger partial charge in [0.15, 0.2) is 6.10 Å². The first-order valence-electron chi connectivity index (χ1n) is 6.67. The van der Waals surface area contributed by atoms with Gasteiger partial charge in [0.1, 0.15) is 0 Å². The lowest BCUT2D eigenvalue weighted by Crippen LogP contribution is -2.31. The first-order valence-corrected chi connectivity index (χ1v) is 6.67. The van der Waals surface area contributed by atoms with Crippen molar-refractivity contribution in [3.63, 3.8) is 0 Å². The van der Waals surface area contributed by atoms with Crippen LogP contribution in [0.4, 0.5) is 5.69 Å². The van der Waals surface area contributed by atoms with Crippen LogP contribution in [0.1, 0.15) is 25.8 Å². The van der Waals surface area contributed by atoms with Gasteiger partial charge in [-0.3, -0.25) is 14.4 Å². The van der Waals surface area contributed by atoms with Crippen LogP contribution in [0, 0.1) is 11.3 Å².